The molecule has 0 radical (unpaired) electrons. The maximum absolute atomic E-state index is 11.2. The summed E-state index contributed by atoms with van der Waals surface area (Å²) in [6.45, 7) is 3.78. The fraction of sp³-hybridized carbons (Fsp3) is 0.333. The largest absolute Gasteiger partial charge is 0.397 e. The number of hydrogen-bond donors (Lipinski definition) is 3. The summed E-state index contributed by atoms with van der Waals surface area (Å²) >= 11 is 0. The summed E-state index contributed by atoms with van der Waals surface area (Å²) in [5.74, 6) is -0.369. The van der Waals surface area contributed by atoms with E-state index in [-0.39, 0.29) is 5.92 Å². The van der Waals surface area contributed by atoms with Crippen molar-refractivity contribution in [3.8, 4) is 6.07 Å². The van der Waals surface area contributed by atoms with Crippen LogP contribution in [-0.4, -0.2) is 11.9 Å². The van der Waals surface area contributed by atoms with Gasteiger partial charge in [0.1, 0.15) is 6.04 Å². The Balaban J connectivity index is 2.95. The number of carbonyl (C=O) groups excluding carboxylic acids is 1. The lowest BCUT2D eigenvalue weighted by Crippen LogP contribution is -2.39. The van der Waals surface area contributed by atoms with Crippen LogP contribution in [0.4, 0.5) is 11.4 Å². The third-order valence-corrected chi connectivity index (χ3v) is 2.46. The molecule has 5 heteroatoms. The molecule has 0 aliphatic carbocycles. The Morgan fingerprint density at radius 2 is 2.12 bits per heavy atom. The fourth-order valence-electron chi connectivity index (χ4n) is 1.50. The maximum atomic E-state index is 11.2. The van der Waals surface area contributed by atoms with Crippen LogP contribution in [-0.2, 0) is 4.79 Å². The van der Waals surface area contributed by atoms with Gasteiger partial charge in [0.25, 0.3) is 0 Å². The summed E-state index contributed by atoms with van der Waals surface area (Å²) in [6.07, 6.45) is 0. The molecule has 90 valence electrons. The van der Waals surface area contributed by atoms with Crippen molar-refractivity contribution in [1.29, 1.82) is 5.26 Å². The van der Waals surface area contributed by atoms with Gasteiger partial charge in [-0.25, -0.2) is 0 Å². The molecule has 17 heavy (non-hydrogen) atoms. The van der Waals surface area contributed by atoms with E-state index in [0.717, 1.165) is 0 Å². The van der Waals surface area contributed by atoms with Crippen LogP contribution >= 0.6 is 0 Å². The number of hydrogen-bond acceptors (Lipinski definition) is 4. The van der Waals surface area contributed by atoms with E-state index in [0.29, 0.717) is 16.9 Å². The molecule has 1 rings (SSSR count). The van der Waals surface area contributed by atoms with Crippen LogP contribution in [0, 0.1) is 17.2 Å². The molecule has 1 atom stereocenters. The number of amides is 1. The van der Waals surface area contributed by atoms with Crippen LogP contribution in [0.15, 0.2) is 18.2 Å². The molecule has 0 spiro atoms. The first-order valence-electron chi connectivity index (χ1n) is 5.31. The van der Waals surface area contributed by atoms with Crippen molar-refractivity contribution in [3.05, 3.63) is 23.8 Å². The molecule has 1 aromatic rings. The molecule has 0 heterocycles. The van der Waals surface area contributed by atoms with Gasteiger partial charge in [-0.05, 0) is 24.1 Å². The predicted octanol–water partition coefficient (Wildman–Crippen LogP) is 1.06. The Labute approximate surface area is 100 Å². The van der Waals surface area contributed by atoms with E-state index in [1.54, 1.807) is 18.2 Å². The molecular formula is C12H16N4O. The van der Waals surface area contributed by atoms with E-state index in [1.807, 2.05) is 19.9 Å². The Hall–Kier alpha value is -2.22. The van der Waals surface area contributed by atoms with E-state index in [2.05, 4.69) is 5.32 Å². The first kappa shape index (κ1) is 12.8. The Kier molecular flexibility index (Phi) is 3.94. The molecule has 1 unspecified atom stereocenters. The maximum Gasteiger partial charge on any atom is 0.240 e. The minimum absolute atomic E-state index is 0.0579. The van der Waals surface area contributed by atoms with Crippen molar-refractivity contribution in [3.63, 3.8) is 0 Å². The van der Waals surface area contributed by atoms with Crippen LogP contribution in [0.25, 0.3) is 0 Å². The van der Waals surface area contributed by atoms with Crippen LogP contribution < -0.4 is 16.8 Å². The van der Waals surface area contributed by atoms with Gasteiger partial charge in [0.2, 0.25) is 5.91 Å². The molecule has 5 N–H and O–H groups in total. The average molecular weight is 232 g/mol. The highest BCUT2D eigenvalue weighted by molar-refractivity contribution is 5.84. The molecule has 1 aromatic carbocycles. The number of nitrogens with one attached hydrogen (secondary N) is 1. The first-order valence-corrected chi connectivity index (χ1v) is 5.31. The molecule has 0 bridgehead atoms. The molecule has 0 aliphatic heterocycles. The van der Waals surface area contributed by atoms with Gasteiger partial charge in [0.15, 0.2) is 0 Å². The number of anilines is 2. The topological polar surface area (TPSA) is 105 Å². The SMILES string of the molecule is CC(C)C(Nc1ccc(C#N)cc1N)C(N)=O. The third kappa shape index (κ3) is 3.11. The Morgan fingerprint density at radius 1 is 1.47 bits per heavy atom. The van der Waals surface area contributed by atoms with Crippen molar-refractivity contribution in [2.24, 2.45) is 11.7 Å². The second-order valence-electron chi connectivity index (χ2n) is 4.18. The highest BCUT2D eigenvalue weighted by Gasteiger charge is 2.19. The molecular weight excluding hydrogens is 216 g/mol. The van der Waals surface area contributed by atoms with Crippen molar-refractivity contribution >= 4 is 17.3 Å². The highest BCUT2D eigenvalue weighted by atomic mass is 16.1. The summed E-state index contributed by atoms with van der Waals surface area (Å²) in [7, 11) is 0. The standard InChI is InChI=1S/C12H16N4O/c1-7(2)11(12(15)17)16-10-4-3-8(6-13)5-9(10)14/h3-5,7,11,16H,14H2,1-2H3,(H2,15,17). The number of rotatable bonds is 4. The lowest BCUT2D eigenvalue weighted by molar-refractivity contribution is -0.119. The van der Waals surface area contributed by atoms with Crippen molar-refractivity contribution < 1.29 is 4.79 Å². The number of nitrogens with zero attached hydrogens (tertiary/aromatic N) is 1. The van der Waals surface area contributed by atoms with Gasteiger partial charge in [-0.2, -0.15) is 5.26 Å². The second kappa shape index (κ2) is 5.21. The number of benzene rings is 1. The van der Waals surface area contributed by atoms with E-state index in [9.17, 15) is 4.79 Å². The summed E-state index contributed by atoms with van der Waals surface area (Å²) in [5.41, 5.74) is 12.6. The monoisotopic (exact) mass is 232 g/mol. The van der Waals surface area contributed by atoms with Gasteiger partial charge in [-0.15, -0.1) is 0 Å². The molecule has 1 amide bonds. The van der Waals surface area contributed by atoms with Gasteiger partial charge >= 0.3 is 0 Å². The number of nitrogens with two attached hydrogens (primary N) is 2. The third-order valence-electron chi connectivity index (χ3n) is 2.46. The second-order valence-corrected chi connectivity index (χ2v) is 4.18. The van der Waals surface area contributed by atoms with Crippen LogP contribution in [0.1, 0.15) is 19.4 Å². The molecule has 0 aliphatic rings. The van der Waals surface area contributed by atoms with Crippen molar-refractivity contribution in [2.45, 2.75) is 19.9 Å². The van der Waals surface area contributed by atoms with Gasteiger partial charge in [-0.1, -0.05) is 13.8 Å². The molecule has 0 saturated carbocycles. The summed E-state index contributed by atoms with van der Waals surface area (Å²) in [4.78, 5) is 11.2. The Morgan fingerprint density at radius 3 is 2.53 bits per heavy atom. The number of nitriles is 1. The van der Waals surface area contributed by atoms with Gasteiger partial charge in [-0.3, -0.25) is 4.79 Å². The molecule has 0 aromatic heterocycles. The number of primary amides is 1. The smallest absolute Gasteiger partial charge is 0.240 e. The first-order chi connectivity index (χ1) is 7.95. The van der Waals surface area contributed by atoms with E-state index < -0.39 is 11.9 Å². The lowest BCUT2D eigenvalue weighted by Gasteiger charge is -2.21. The summed E-state index contributed by atoms with van der Waals surface area (Å²) in [6, 6.07) is 6.38. The van der Waals surface area contributed by atoms with E-state index in [4.69, 9.17) is 16.7 Å². The zero-order valence-corrected chi connectivity index (χ0v) is 9.90. The summed E-state index contributed by atoms with van der Waals surface area (Å²) in [5, 5.41) is 11.7. The molecule has 0 fully saturated rings. The zero-order chi connectivity index (χ0) is 13.0. The van der Waals surface area contributed by atoms with Gasteiger partial charge in [0.05, 0.1) is 23.0 Å². The van der Waals surface area contributed by atoms with Gasteiger partial charge < -0.3 is 16.8 Å². The highest BCUT2D eigenvalue weighted by Crippen LogP contribution is 2.21. The Bertz CT molecular complexity index is 462. The number of carbonyl (C=O) groups is 1. The normalized spacial score (nSPS) is 11.9. The zero-order valence-electron chi connectivity index (χ0n) is 9.90. The average Bonchev–Trinajstić information content (AvgIpc) is 2.26. The van der Waals surface area contributed by atoms with Crippen LogP contribution in [0.3, 0.4) is 0 Å². The summed E-state index contributed by atoms with van der Waals surface area (Å²) < 4.78 is 0. The molecule has 0 saturated heterocycles. The van der Waals surface area contributed by atoms with Gasteiger partial charge in [0, 0.05) is 0 Å². The van der Waals surface area contributed by atoms with Crippen LogP contribution in [0.2, 0.25) is 0 Å². The predicted molar refractivity (Wildman–Crippen MR) is 67.0 cm³/mol. The van der Waals surface area contributed by atoms with E-state index >= 15 is 0 Å². The minimum atomic E-state index is -0.481. The van der Waals surface area contributed by atoms with Crippen molar-refractivity contribution in [1.82, 2.24) is 0 Å². The molecule has 5 nitrogen and oxygen atoms in total. The number of nitrogen functional groups attached to an aromatic ring is 1. The van der Waals surface area contributed by atoms with Crippen LogP contribution in [0.5, 0.6) is 0 Å². The van der Waals surface area contributed by atoms with Crippen molar-refractivity contribution in [2.75, 3.05) is 11.1 Å². The lowest BCUT2D eigenvalue weighted by atomic mass is 10.0. The minimum Gasteiger partial charge on any atom is -0.397 e. The fourth-order valence-corrected chi connectivity index (χ4v) is 1.50. The quantitative estimate of drug-likeness (QED) is 0.675. The van der Waals surface area contributed by atoms with E-state index in [1.165, 1.54) is 0 Å².